The van der Waals surface area contributed by atoms with E-state index in [1.54, 1.807) is 0 Å². The summed E-state index contributed by atoms with van der Waals surface area (Å²) in [6.45, 7) is 11.1. The van der Waals surface area contributed by atoms with E-state index in [4.69, 9.17) is 0 Å². The van der Waals surface area contributed by atoms with Gasteiger partial charge in [-0.1, -0.05) is 27.7 Å². The number of thiol groups is 1. The highest BCUT2D eigenvalue weighted by Crippen LogP contribution is 2.29. The van der Waals surface area contributed by atoms with Gasteiger partial charge in [0.1, 0.15) is 5.78 Å². The van der Waals surface area contributed by atoms with Crippen LogP contribution in [-0.4, -0.2) is 35.6 Å². The first-order valence-electron chi connectivity index (χ1n) is 6.86. The predicted octanol–water partition coefficient (Wildman–Crippen LogP) is 2.88. The molecule has 1 aliphatic rings. The minimum Gasteiger partial charge on any atom is -0.299 e. The fourth-order valence-corrected chi connectivity index (χ4v) is 3.38. The van der Waals surface area contributed by atoms with Gasteiger partial charge in [0.15, 0.2) is 0 Å². The Morgan fingerprint density at radius 3 is 2.00 bits per heavy atom. The van der Waals surface area contributed by atoms with E-state index in [0.29, 0.717) is 29.4 Å². The molecule has 1 fully saturated rings. The summed E-state index contributed by atoms with van der Waals surface area (Å²) in [6.07, 6.45) is 2.56. The molecule has 0 bridgehead atoms. The Balaban J connectivity index is 2.88. The Hall–Kier alpha value is -0.0200. The average Bonchev–Trinajstić information content (AvgIpc) is 2.76. The second kappa shape index (κ2) is 6.79. The largest absolute Gasteiger partial charge is 0.299 e. The third-order valence-corrected chi connectivity index (χ3v) is 4.17. The summed E-state index contributed by atoms with van der Waals surface area (Å²) >= 11 is 4.19. The molecule has 100 valence electrons. The van der Waals surface area contributed by atoms with Crippen LogP contribution in [0.4, 0.5) is 0 Å². The Labute approximate surface area is 112 Å². The summed E-state index contributed by atoms with van der Waals surface area (Å²) in [6, 6.07) is 0.400. The second-order valence-electron chi connectivity index (χ2n) is 5.87. The maximum absolute atomic E-state index is 12.2. The zero-order valence-corrected chi connectivity index (χ0v) is 12.5. The van der Waals surface area contributed by atoms with Crippen LogP contribution >= 0.6 is 12.6 Å². The fraction of sp³-hybridized carbons (Fsp3) is 0.929. The Morgan fingerprint density at radius 1 is 1.12 bits per heavy atom. The van der Waals surface area contributed by atoms with Gasteiger partial charge < -0.3 is 0 Å². The molecule has 2 nitrogen and oxygen atoms in total. The lowest BCUT2D eigenvalue weighted by atomic mass is 9.79. The number of hydrogen-bond donors (Lipinski definition) is 1. The van der Waals surface area contributed by atoms with E-state index in [1.165, 1.54) is 12.8 Å². The molecule has 0 radical (unpaired) electrons. The molecule has 1 heterocycles. The highest BCUT2D eigenvalue weighted by molar-refractivity contribution is 7.81. The summed E-state index contributed by atoms with van der Waals surface area (Å²) in [5.74, 6) is 1.77. The van der Waals surface area contributed by atoms with Crippen LogP contribution in [0.2, 0.25) is 0 Å². The van der Waals surface area contributed by atoms with Gasteiger partial charge in [-0.2, -0.15) is 12.6 Å². The molecule has 2 atom stereocenters. The lowest BCUT2D eigenvalue weighted by Crippen LogP contribution is -2.48. The number of carbonyl (C=O) groups is 1. The number of Topliss-reactive ketones (excluding diaryl/α,β-unsaturated/α-hetero) is 1. The molecule has 0 N–H and O–H groups in total. The summed E-state index contributed by atoms with van der Waals surface area (Å²) in [4.78, 5) is 14.7. The summed E-state index contributed by atoms with van der Waals surface area (Å²) in [5.41, 5.74) is 0. The minimum atomic E-state index is 0.144. The smallest absolute Gasteiger partial charge is 0.147 e. The van der Waals surface area contributed by atoms with E-state index in [-0.39, 0.29) is 5.92 Å². The highest BCUT2D eigenvalue weighted by Gasteiger charge is 2.36. The molecule has 1 rings (SSSR count). The topological polar surface area (TPSA) is 20.3 Å². The zero-order valence-electron chi connectivity index (χ0n) is 11.6. The predicted molar refractivity (Wildman–Crippen MR) is 76.6 cm³/mol. The van der Waals surface area contributed by atoms with E-state index < -0.39 is 0 Å². The third kappa shape index (κ3) is 3.72. The van der Waals surface area contributed by atoms with Crippen molar-refractivity contribution in [1.82, 2.24) is 4.90 Å². The van der Waals surface area contributed by atoms with Gasteiger partial charge >= 0.3 is 0 Å². The van der Waals surface area contributed by atoms with Crippen LogP contribution in [0.1, 0.15) is 40.5 Å². The molecular weight excluding hydrogens is 230 g/mol. The second-order valence-corrected chi connectivity index (χ2v) is 6.19. The quantitative estimate of drug-likeness (QED) is 0.738. The molecule has 0 spiro atoms. The number of nitrogens with zero attached hydrogens (tertiary/aromatic N) is 1. The van der Waals surface area contributed by atoms with Crippen molar-refractivity contribution in [3.05, 3.63) is 0 Å². The van der Waals surface area contributed by atoms with Crippen molar-refractivity contribution in [3.8, 4) is 0 Å². The van der Waals surface area contributed by atoms with Crippen LogP contribution in [0, 0.1) is 17.8 Å². The van der Waals surface area contributed by atoms with Crippen LogP contribution in [0.5, 0.6) is 0 Å². The van der Waals surface area contributed by atoms with Crippen LogP contribution < -0.4 is 0 Å². The standard InChI is InChI=1S/C14H27NOS/c1-10(2)13(12(16)9-17)14(11(3)4)15-7-5-6-8-15/h10-11,13-14,17H,5-9H2,1-4H3/t13-,14-/m0/s1. The molecule has 0 unspecified atom stereocenters. The monoisotopic (exact) mass is 257 g/mol. The molecule has 17 heavy (non-hydrogen) atoms. The first-order chi connectivity index (χ1) is 7.99. The van der Waals surface area contributed by atoms with Crippen molar-refractivity contribution in [1.29, 1.82) is 0 Å². The van der Waals surface area contributed by atoms with Gasteiger partial charge in [0.05, 0.1) is 0 Å². The van der Waals surface area contributed by atoms with Crippen LogP contribution in [0.15, 0.2) is 0 Å². The molecule has 1 aliphatic heterocycles. The van der Waals surface area contributed by atoms with Gasteiger partial charge in [0.2, 0.25) is 0 Å². The molecule has 3 heteroatoms. The molecule has 0 amide bonds. The molecule has 0 saturated carbocycles. The Bertz CT molecular complexity index is 247. The summed E-state index contributed by atoms with van der Waals surface area (Å²) in [5, 5.41) is 0. The number of rotatable bonds is 6. The van der Waals surface area contributed by atoms with Gasteiger partial charge in [-0.3, -0.25) is 9.69 Å². The number of carbonyl (C=O) groups excluding carboxylic acids is 1. The van der Waals surface area contributed by atoms with Crippen LogP contribution in [0.3, 0.4) is 0 Å². The molecule has 0 aromatic carbocycles. The SMILES string of the molecule is CC(C)[C@@H](C(=O)CS)[C@H](C(C)C)N1CCCC1. The van der Waals surface area contributed by atoms with E-state index in [1.807, 2.05) is 0 Å². The van der Waals surface area contributed by atoms with Gasteiger partial charge in [0.25, 0.3) is 0 Å². The van der Waals surface area contributed by atoms with Crippen LogP contribution in [0.25, 0.3) is 0 Å². The maximum Gasteiger partial charge on any atom is 0.147 e. The zero-order chi connectivity index (χ0) is 13.0. The fourth-order valence-electron chi connectivity index (χ4n) is 3.17. The average molecular weight is 257 g/mol. The number of likely N-dealkylation sites (tertiary alicyclic amines) is 1. The lowest BCUT2D eigenvalue weighted by molar-refractivity contribution is -0.124. The van der Waals surface area contributed by atoms with Crippen molar-refractivity contribution in [2.75, 3.05) is 18.8 Å². The van der Waals surface area contributed by atoms with Gasteiger partial charge in [-0.05, 0) is 37.8 Å². The van der Waals surface area contributed by atoms with Crippen molar-refractivity contribution in [3.63, 3.8) is 0 Å². The molecule has 0 aliphatic carbocycles. The first kappa shape index (κ1) is 15.0. The third-order valence-electron chi connectivity index (χ3n) is 3.86. The number of ketones is 1. The van der Waals surface area contributed by atoms with Crippen LogP contribution in [-0.2, 0) is 4.79 Å². The van der Waals surface area contributed by atoms with Crippen molar-refractivity contribution >= 4 is 18.4 Å². The minimum absolute atomic E-state index is 0.144. The van der Waals surface area contributed by atoms with Gasteiger partial charge in [-0.25, -0.2) is 0 Å². The van der Waals surface area contributed by atoms with E-state index >= 15 is 0 Å². The molecule has 1 saturated heterocycles. The maximum atomic E-state index is 12.2. The van der Waals surface area contributed by atoms with E-state index in [9.17, 15) is 4.79 Å². The highest BCUT2D eigenvalue weighted by atomic mass is 32.1. The molecule has 0 aromatic rings. The van der Waals surface area contributed by atoms with E-state index in [2.05, 4.69) is 45.2 Å². The van der Waals surface area contributed by atoms with Crippen molar-refractivity contribution < 1.29 is 4.79 Å². The molecular formula is C14H27NOS. The Kier molecular flexibility index (Phi) is 6.01. The summed E-state index contributed by atoms with van der Waals surface area (Å²) in [7, 11) is 0. The number of hydrogen-bond acceptors (Lipinski definition) is 3. The Morgan fingerprint density at radius 2 is 1.65 bits per heavy atom. The van der Waals surface area contributed by atoms with E-state index in [0.717, 1.165) is 13.1 Å². The van der Waals surface area contributed by atoms with Crippen molar-refractivity contribution in [2.24, 2.45) is 17.8 Å². The first-order valence-corrected chi connectivity index (χ1v) is 7.50. The van der Waals surface area contributed by atoms with Crippen molar-refractivity contribution in [2.45, 2.75) is 46.6 Å². The normalized spacial score (nSPS) is 21.1. The van der Waals surface area contributed by atoms with Gasteiger partial charge in [-0.15, -0.1) is 0 Å². The lowest BCUT2D eigenvalue weighted by Gasteiger charge is -2.38. The summed E-state index contributed by atoms with van der Waals surface area (Å²) < 4.78 is 0. The van der Waals surface area contributed by atoms with Gasteiger partial charge in [0, 0.05) is 17.7 Å². The molecule has 0 aromatic heterocycles.